The van der Waals surface area contributed by atoms with Crippen molar-refractivity contribution in [2.24, 2.45) is 11.8 Å². The van der Waals surface area contributed by atoms with Crippen molar-refractivity contribution >= 4 is 11.8 Å². The van der Waals surface area contributed by atoms with Gasteiger partial charge in [-0.05, 0) is 56.6 Å². The van der Waals surface area contributed by atoms with Gasteiger partial charge >= 0.3 is 0 Å². The molecule has 0 radical (unpaired) electrons. The van der Waals surface area contributed by atoms with Gasteiger partial charge in [-0.1, -0.05) is 13.8 Å². The van der Waals surface area contributed by atoms with E-state index in [0.29, 0.717) is 4.75 Å². The first-order chi connectivity index (χ1) is 7.59. The molecule has 0 aromatic carbocycles. The Morgan fingerprint density at radius 3 is 2.75 bits per heavy atom. The summed E-state index contributed by atoms with van der Waals surface area (Å²) in [5.74, 6) is 3.19. The zero-order valence-corrected chi connectivity index (χ0v) is 11.9. The van der Waals surface area contributed by atoms with E-state index < -0.39 is 0 Å². The lowest BCUT2D eigenvalue weighted by atomic mass is 9.80. The zero-order valence-electron chi connectivity index (χ0n) is 11.1. The van der Waals surface area contributed by atoms with Crippen molar-refractivity contribution in [1.82, 2.24) is 5.32 Å². The molecule has 1 heterocycles. The summed E-state index contributed by atoms with van der Waals surface area (Å²) in [6.07, 6.45) is 7.05. The van der Waals surface area contributed by atoms with Crippen molar-refractivity contribution in [3.8, 4) is 0 Å². The van der Waals surface area contributed by atoms with Crippen molar-refractivity contribution < 1.29 is 0 Å². The molecule has 0 aromatic rings. The van der Waals surface area contributed by atoms with E-state index in [1.165, 1.54) is 44.4 Å². The molecule has 0 spiro atoms. The molecule has 0 aromatic heterocycles. The highest BCUT2D eigenvalue weighted by Crippen LogP contribution is 2.37. The second-order valence-electron chi connectivity index (χ2n) is 6.28. The summed E-state index contributed by atoms with van der Waals surface area (Å²) in [5, 5.41) is 3.85. The first-order valence-corrected chi connectivity index (χ1v) is 7.95. The molecule has 1 saturated carbocycles. The van der Waals surface area contributed by atoms with Gasteiger partial charge in [-0.25, -0.2) is 0 Å². The fourth-order valence-corrected chi connectivity index (χ4v) is 4.55. The van der Waals surface area contributed by atoms with Gasteiger partial charge in [0.25, 0.3) is 0 Å². The maximum absolute atomic E-state index is 3.85. The molecule has 2 aliphatic rings. The van der Waals surface area contributed by atoms with Crippen LogP contribution in [0.15, 0.2) is 0 Å². The van der Waals surface area contributed by atoms with Crippen molar-refractivity contribution in [3.63, 3.8) is 0 Å². The van der Waals surface area contributed by atoms with Crippen LogP contribution >= 0.6 is 11.8 Å². The molecule has 1 N–H and O–H groups in total. The Balaban J connectivity index is 1.77. The normalized spacial score (nSPS) is 44.8. The molecule has 1 aliphatic carbocycles. The highest BCUT2D eigenvalue weighted by atomic mass is 32.2. The first kappa shape index (κ1) is 12.8. The average Bonchev–Trinajstić information content (AvgIpc) is 2.64. The Labute approximate surface area is 105 Å². The van der Waals surface area contributed by atoms with Crippen LogP contribution in [0.25, 0.3) is 0 Å². The molecule has 16 heavy (non-hydrogen) atoms. The van der Waals surface area contributed by atoms with Crippen molar-refractivity contribution in [2.45, 2.75) is 63.7 Å². The minimum absolute atomic E-state index is 0.531. The molecule has 2 rings (SSSR count). The SMILES string of the molecule is CC1CCC(NCC2(C)CCCS2)C(C)C1. The van der Waals surface area contributed by atoms with Gasteiger partial charge in [0.15, 0.2) is 0 Å². The van der Waals surface area contributed by atoms with E-state index in [-0.39, 0.29) is 0 Å². The van der Waals surface area contributed by atoms with Gasteiger partial charge in [0.2, 0.25) is 0 Å². The third-order valence-corrected chi connectivity index (χ3v) is 6.01. The number of nitrogens with one attached hydrogen (secondary N) is 1. The van der Waals surface area contributed by atoms with Gasteiger partial charge in [0.05, 0.1) is 0 Å². The molecule has 0 amide bonds. The maximum Gasteiger partial charge on any atom is 0.0256 e. The highest BCUT2D eigenvalue weighted by Gasteiger charge is 2.32. The summed E-state index contributed by atoms with van der Waals surface area (Å²) in [7, 11) is 0. The third kappa shape index (κ3) is 3.16. The van der Waals surface area contributed by atoms with Gasteiger partial charge in [0.1, 0.15) is 0 Å². The summed E-state index contributed by atoms with van der Waals surface area (Å²) >= 11 is 2.17. The van der Waals surface area contributed by atoms with E-state index in [4.69, 9.17) is 0 Å². The fraction of sp³-hybridized carbons (Fsp3) is 1.00. The van der Waals surface area contributed by atoms with Crippen molar-refractivity contribution in [3.05, 3.63) is 0 Å². The molecular weight excluding hydrogens is 214 g/mol. The predicted octanol–water partition coefficient (Wildman–Crippen LogP) is 3.69. The van der Waals surface area contributed by atoms with E-state index in [1.54, 1.807) is 0 Å². The Morgan fingerprint density at radius 2 is 2.12 bits per heavy atom. The lowest BCUT2D eigenvalue weighted by Gasteiger charge is -2.35. The summed E-state index contributed by atoms with van der Waals surface area (Å²) in [6, 6.07) is 0.786. The van der Waals surface area contributed by atoms with E-state index in [1.807, 2.05) is 0 Å². The van der Waals surface area contributed by atoms with E-state index in [9.17, 15) is 0 Å². The molecule has 4 atom stereocenters. The number of rotatable bonds is 3. The molecule has 1 aliphatic heterocycles. The van der Waals surface area contributed by atoms with Gasteiger partial charge < -0.3 is 5.32 Å². The largest absolute Gasteiger partial charge is 0.312 e. The molecule has 2 heteroatoms. The van der Waals surface area contributed by atoms with E-state index in [2.05, 4.69) is 37.8 Å². The molecular formula is C14H27NS. The molecule has 4 unspecified atom stereocenters. The Hall–Kier alpha value is 0.310. The van der Waals surface area contributed by atoms with Crippen LogP contribution in [0, 0.1) is 11.8 Å². The van der Waals surface area contributed by atoms with Gasteiger partial charge in [-0.15, -0.1) is 0 Å². The minimum Gasteiger partial charge on any atom is -0.312 e. The van der Waals surface area contributed by atoms with Crippen LogP contribution in [0.4, 0.5) is 0 Å². The lowest BCUT2D eigenvalue weighted by Crippen LogP contribution is -2.44. The molecule has 94 valence electrons. The summed E-state index contributed by atoms with van der Waals surface area (Å²) in [5.41, 5.74) is 0. The van der Waals surface area contributed by atoms with Crippen LogP contribution in [-0.4, -0.2) is 23.1 Å². The smallest absolute Gasteiger partial charge is 0.0256 e. The van der Waals surface area contributed by atoms with Crippen LogP contribution in [0.2, 0.25) is 0 Å². The number of hydrogen-bond acceptors (Lipinski definition) is 2. The van der Waals surface area contributed by atoms with Gasteiger partial charge in [0, 0.05) is 17.3 Å². The Kier molecular flexibility index (Phi) is 4.23. The van der Waals surface area contributed by atoms with Crippen LogP contribution < -0.4 is 5.32 Å². The summed E-state index contributed by atoms with van der Waals surface area (Å²) in [6.45, 7) is 8.49. The Bertz CT molecular complexity index is 223. The van der Waals surface area contributed by atoms with E-state index >= 15 is 0 Å². The lowest BCUT2D eigenvalue weighted by molar-refractivity contribution is 0.224. The van der Waals surface area contributed by atoms with Crippen LogP contribution in [0.5, 0.6) is 0 Å². The third-order valence-electron chi connectivity index (χ3n) is 4.47. The average molecular weight is 241 g/mol. The van der Waals surface area contributed by atoms with E-state index in [0.717, 1.165) is 17.9 Å². The maximum atomic E-state index is 3.85. The first-order valence-electron chi connectivity index (χ1n) is 6.96. The zero-order chi connectivity index (χ0) is 11.6. The quantitative estimate of drug-likeness (QED) is 0.809. The molecule has 1 saturated heterocycles. The monoisotopic (exact) mass is 241 g/mol. The summed E-state index contributed by atoms with van der Waals surface area (Å²) < 4.78 is 0.531. The molecule has 1 nitrogen and oxygen atoms in total. The predicted molar refractivity (Wildman–Crippen MR) is 74.1 cm³/mol. The Morgan fingerprint density at radius 1 is 1.31 bits per heavy atom. The van der Waals surface area contributed by atoms with Crippen LogP contribution in [-0.2, 0) is 0 Å². The topological polar surface area (TPSA) is 12.0 Å². The number of thioether (sulfide) groups is 1. The van der Waals surface area contributed by atoms with Crippen molar-refractivity contribution in [2.75, 3.05) is 12.3 Å². The molecule has 0 bridgehead atoms. The van der Waals surface area contributed by atoms with Crippen LogP contribution in [0.1, 0.15) is 52.9 Å². The van der Waals surface area contributed by atoms with Gasteiger partial charge in [-0.3, -0.25) is 0 Å². The fourth-order valence-electron chi connectivity index (χ4n) is 3.29. The standard InChI is InChI=1S/C14H27NS/c1-11-5-6-13(12(2)9-11)15-10-14(3)7-4-8-16-14/h11-13,15H,4-10H2,1-3H3. The minimum atomic E-state index is 0.531. The second kappa shape index (κ2) is 5.30. The number of hydrogen-bond donors (Lipinski definition) is 1. The summed E-state index contributed by atoms with van der Waals surface area (Å²) in [4.78, 5) is 0. The van der Waals surface area contributed by atoms with Crippen molar-refractivity contribution in [1.29, 1.82) is 0 Å². The van der Waals surface area contributed by atoms with Gasteiger partial charge in [-0.2, -0.15) is 11.8 Å². The molecule has 2 fully saturated rings. The highest BCUT2D eigenvalue weighted by molar-refractivity contribution is 8.00. The van der Waals surface area contributed by atoms with Crippen LogP contribution in [0.3, 0.4) is 0 Å². The second-order valence-corrected chi connectivity index (χ2v) is 7.97.